The number of anilines is 1. The fourth-order valence-corrected chi connectivity index (χ4v) is 1.29. The maximum absolute atomic E-state index is 5.85. The Labute approximate surface area is 77.9 Å². The summed E-state index contributed by atoms with van der Waals surface area (Å²) >= 11 is 5.85. The van der Waals surface area contributed by atoms with Gasteiger partial charge in [-0.15, -0.1) is 0 Å². The van der Waals surface area contributed by atoms with Crippen molar-refractivity contribution in [2.24, 2.45) is 5.73 Å². The first-order valence-electron chi connectivity index (χ1n) is 3.81. The summed E-state index contributed by atoms with van der Waals surface area (Å²) in [5.41, 5.74) is 7.77. The molecule has 1 aromatic carbocycles. The average Bonchev–Trinajstić information content (AvgIpc) is 2.04. The highest BCUT2D eigenvalue weighted by Crippen LogP contribution is 2.22. The average molecular weight is 185 g/mol. The van der Waals surface area contributed by atoms with E-state index in [1.54, 1.807) is 0 Å². The smallest absolute Gasteiger partial charge is 0.0426 e. The van der Waals surface area contributed by atoms with Crippen LogP contribution in [0, 0.1) is 0 Å². The maximum Gasteiger partial charge on any atom is 0.0426 e. The predicted molar refractivity (Wildman–Crippen MR) is 53.7 cm³/mol. The fraction of sp³-hybridized carbons (Fsp3) is 0.333. The van der Waals surface area contributed by atoms with Crippen molar-refractivity contribution in [3.8, 4) is 0 Å². The topological polar surface area (TPSA) is 29.3 Å². The van der Waals surface area contributed by atoms with Gasteiger partial charge in [-0.1, -0.05) is 17.7 Å². The van der Waals surface area contributed by atoms with Gasteiger partial charge in [0.1, 0.15) is 0 Å². The highest BCUT2D eigenvalue weighted by Gasteiger charge is 2.02. The Hall–Kier alpha value is -0.730. The molecule has 0 radical (unpaired) electrons. The van der Waals surface area contributed by atoms with Crippen molar-refractivity contribution in [2.45, 2.75) is 6.54 Å². The Bertz CT molecular complexity index is 271. The zero-order valence-corrected chi connectivity index (χ0v) is 8.10. The van der Waals surface area contributed by atoms with Crippen LogP contribution in [-0.2, 0) is 6.54 Å². The minimum absolute atomic E-state index is 0.546. The molecule has 0 fully saturated rings. The van der Waals surface area contributed by atoms with Crippen LogP contribution in [-0.4, -0.2) is 14.1 Å². The van der Waals surface area contributed by atoms with E-state index in [9.17, 15) is 0 Å². The van der Waals surface area contributed by atoms with Gasteiger partial charge in [0.25, 0.3) is 0 Å². The van der Waals surface area contributed by atoms with Crippen LogP contribution in [0.25, 0.3) is 0 Å². The van der Waals surface area contributed by atoms with E-state index < -0.39 is 0 Å². The Kier molecular flexibility index (Phi) is 2.95. The third-order valence-electron chi connectivity index (χ3n) is 1.75. The van der Waals surface area contributed by atoms with Crippen LogP contribution in [0.4, 0.5) is 5.69 Å². The van der Waals surface area contributed by atoms with Gasteiger partial charge in [-0.2, -0.15) is 0 Å². The molecule has 0 spiro atoms. The van der Waals surface area contributed by atoms with Crippen LogP contribution >= 0.6 is 11.6 Å². The molecular formula is C9H13ClN2. The van der Waals surface area contributed by atoms with E-state index in [-0.39, 0.29) is 0 Å². The first kappa shape index (κ1) is 9.36. The molecule has 3 heteroatoms. The molecule has 0 aliphatic carbocycles. The predicted octanol–water partition coefficient (Wildman–Crippen LogP) is 1.86. The first-order valence-corrected chi connectivity index (χ1v) is 4.18. The minimum Gasteiger partial charge on any atom is -0.377 e. The second kappa shape index (κ2) is 3.78. The maximum atomic E-state index is 5.85. The van der Waals surface area contributed by atoms with Crippen molar-refractivity contribution in [3.05, 3.63) is 28.8 Å². The van der Waals surface area contributed by atoms with Crippen LogP contribution in [0.5, 0.6) is 0 Å². The van der Waals surface area contributed by atoms with Crippen LogP contribution in [0.1, 0.15) is 5.56 Å². The van der Waals surface area contributed by atoms with Gasteiger partial charge in [-0.25, -0.2) is 0 Å². The van der Waals surface area contributed by atoms with Gasteiger partial charge >= 0.3 is 0 Å². The lowest BCUT2D eigenvalue weighted by molar-refractivity contribution is 1.03. The van der Waals surface area contributed by atoms with Gasteiger partial charge in [-0.3, -0.25) is 0 Å². The summed E-state index contributed by atoms with van der Waals surface area (Å²) in [6.45, 7) is 0.546. The zero-order valence-electron chi connectivity index (χ0n) is 7.34. The van der Waals surface area contributed by atoms with Gasteiger partial charge in [-0.05, 0) is 17.7 Å². The van der Waals surface area contributed by atoms with Crippen molar-refractivity contribution in [1.82, 2.24) is 0 Å². The summed E-state index contributed by atoms with van der Waals surface area (Å²) in [5, 5.41) is 0.746. The molecule has 1 rings (SSSR count). The highest BCUT2D eigenvalue weighted by atomic mass is 35.5. The summed E-state index contributed by atoms with van der Waals surface area (Å²) in [6, 6.07) is 5.73. The van der Waals surface area contributed by atoms with E-state index in [4.69, 9.17) is 17.3 Å². The van der Waals surface area contributed by atoms with Gasteiger partial charge in [0.15, 0.2) is 0 Å². The number of hydrogen-bond donors (Lipinski definition) is 1. The molecule has 2 N–H and O–H groups in total. The lowest BCUT2D eigenvalue weighted by atomic mass is 10.1. The Morgan fingerprint density at radius 2 is 2.08 bits per heavy atom. The molecule has 0 aliphatic rings. The van der Waals surface area contributed by atoms with Crippen LogP contribution in [0.2, 0.25) is 5.02 Å². The van der Waals surface area contributed by atoms with E-state index in [1.807, 2.05) is 37.2 Å². The van der Waals surface area contributed by atoms with Crippen molar-refractivity contribution in [1.29, 1.82) is 0 Å². The van der Waals surface area contributed by atoms with Gasteiger partial charge in [0, 0.05) is 31.4 Å². The van der Waals surface area contributed by atoms with E-state index in [1.165, 1.54) is 0 Å². The Balaban J connectivity index is 3.12. The molecule has 0 aliphatic heterocycles. The number of benzene rings is 1. The number of nitrogens with zero attached hydrogens (tertiary/aromatic N) is 1. The van der Waals surface area contributed by atoms with Gasteiger partial charge in [0.05, 0.1) is 0 Å². The van der Waals surface area contributed by atoms with Crippen LogP contribution < -0.4 is 10.6 Å². The molecule has 1 aromatic rings. The van der Waals surface area contributed by atoms with Gasteiger partial charge in [0.2, 0.25) is 0 Å². The summed E-state index contributed by atoms with van der Waals surface area (Å²) < 4.78 is 0. The molecule has 0 aromatic heterocycles. The van der Waals surface area contributed by atoms with E-state index in [2.05, 4.69) is 0 Å². The Morgan fingerprint density at radius 3 is 2.58 bits per heavy atom. The lowest BCUT2D eigenvalue weighted by Crippen LogP contribution is -2.12. The molecule has 0 unspecified atom stereocenters. The molecule has 0 saturated carbocycles. The SMILES string of the molecule is CN(C)c1cc(Cl)ccc1CN. The van der Waals surface area contributed by atoms with Crippen molar-refractivity contribution in [3.63, 3.8) is 0 Å². The quantitative estimate of drug-likeness (QED) is 0.761. The number of hydrogen-bond acceptors (Lipinski definition) is 2. The third kappa shape index (κ3) is 1.90. The standard InChI is InChI=1S/C9H13ClN2/c1-12(2)9-5-8(10)4-3-7(9)6-11/h3-5H,6,11H2,1-2H3. The number of rotatable bonds is 2. The summed E-state index contributed by atoms with van der Waals surface area (Å²) in [5.74, 6) is 0. The van der Waals surface area contributed by atoms with Crippen molar-refractivity contribution < 1.29 is 0 Å². The van der Waals surface area contributed by atoms with Crippen LogP contribution in [0.3, 0.4) is 0 Å². The molecule has 12 heavy (non-hydrogen) atoms. The van der Waals surface area contributed by atoms with E-state index in [0.29, 0.717) is 6.54 Å². The molecule has 66 valence electrons. The lowest BCUT2D eigenvalue weighted by Gasteiger charge is -2.16. The molecule has 2 nitrogen and oxygen atoms in total. The summed E-state index contributed by atoms with van der Waals surface area (Å²) in [4.78, 5) is 2.01. The second-order valence-corrected chi connectivity index (χ2v) is 3.31. The Morgan fingerprint density at radius 1 is 1.42 bits per heavy atom. The van der Waals surface area contributed by atoms with Gasteiger partial charge < -0.3 is 10.6 Å². The van der Waals surface area contributed by atoms with Crippen molar-refractivity contribution in [2.75, 3.05) is 19.0 Å². The molecule has 0 bridgehead atoms. The monoisotopic (exact) mass is 184 g/mol. The molecule has 0 amide bonds. The third-order valence-corrected chi connectivity index (χ3v) is 1.98. The second-order valence-electron chi connectivity index (χ2n) is 2.87. The highest BCUT2D eigenvalue weighted by molar-refractivity contribution is 6.30. The zero-order chi connectivity index (χ0) is 9.14. The molecule has 0 saturated heterocycles. The minimum atomic E-state index is 0.546. The van der Waals surface area contributed by atoms with Crippen LogP contribution in [0.15, 0.2) is 18.2 Å². The molecule has 0 atom stereocenters. The van der Waals surface area contributed by atoms with E-state index >= 15 is 0 Å². The summed E-state index contributed by atoms with van der Waals surface area (Å²) in [6.07, 6.45) is 0. The van der Waals surface area contributed by atoms with E-state index in [0.717, 1.165) is 16.3 Å². The van der Waals surface area contributed by atoms with Crippen molar-refractivity contribution >= 4 is 17.3 Å². The fourth-order valence-electron chi connectivity index (χ4n) is 1.13. The first-order chi connectivity index (χ1) is 5.65. The number of halogens is 1. The summed E-state index contributed by atoms with van der Waals surface area (Å²) in [7, 11) is 3.95. The number of nitrogens with two attached hydrogens (primary N) is 1. The normalized spacial score (nSPS) is 10.0. The largest absolute Gasteiger partial charge is 0.377 e. The molecule has 0 heterocycles. The molecular weight excluding hydrogens is 172 g/mol.